The molecule has 0 heterocycles. The van der Waals surface area contributed by atoms with Crippen molar-refractivity contribution in [3.63, 3.8) is 0 Å². The lowest BCUT2D eigenvalue weighted by atomic mass is 10.1. The minimum Gasteiger partial charge on any atom is -0.518 e. The maximum Gasteiger partial charge on any atom is 0.310 e. The number of rotatable bonds is 5. The number of likely N-dealkylation sites (N-methyl/N-ethyl adjacent to an activating group) is 1. The van der Waals surface area contributed by atoms with Gasteiger partial charge in [0.15, 0.2) is 0 Å². The van der Waals surface area contributed by atoms with Crippen LogP contribution in [0.1, 0.15) is 26.3 Å². The van der Waals surface area contributed by atoms with Crippen molar-refractivity contribution in [2.45, 2.75) is 51.4 Å². The molecule has 0 aliphatic heterocycles. The molecular weight excluding hydrogens is 266 g/mol. The molecule has 0 saturated carbocycles. The number of hydrogen-bond donors (Lipinski definition) is 1. The van der Waals surface area contributed by atoms with Crippen LogP contribution in [0.2, 0.25) is 18.1 Å². The van der Waals surface area contributed by atoms with Crippen molar-refractivity contribution in [2.24, 2.45) is 0 Å². The maximum atomic E-state index is 12.4. The van der Waals surface area contributed by atoms with E-state index in [2.05, 4.69) is 39.2 Å². The van der Waals surface area contributed by atoms with E-state index >= 15 is 0 Å². The van der Waals surface area contributed by atoms with E-state index in [1.54, 1.807) is 7.05 Å². The van der Waals surface area contributed by atoms with Crippen molar-refractivity contribution in [3.05, 3.63) is 35.9 Å². The van der Waals surface area contributed by atoms with E-state index in [0.717, 1.165) is 5.56 Å². The van der Waals surface area contributed by atoms with Crippen LogP contribution in [0.15, 0.2) is 30.3 Å². The fourth-order valence-electron chi connectivity index (χ4n) is 1.63. The molecule has 1 rings (SSSR count). The second kappa shape index (κ2) is 6.55. The Hall–Kier alpha value is -1.13. The molecule has 0 aromatic heterocycles. The zero-order valence-electron chi connectivity index (χ0n) is 13.5. The zero-order valence-corrected chi connectivity index (χ0v) is 14.5. The molecule has 0 fully saturated rings. The van der Waals surface area contributed by atoms with Crippen LogP contribution in [0.25, 0.3) is 0 Å². The predicted octanol–water partition coefficient (Wildman–Crippen LogP) is 3.37. The largest absolute Gasteiger partial charge is 0.518 e. The number of nitrogens with one attached hydrogen (secondary N) is 1. The summed E-state index contributed by atoms with van der Waals surface area (Å²) in [5.74, 6) is -0.136. The van der Waals surface area contributed by atoms with E-state index in [1.165, 1.54) is 0 Å². The topological polar surface area (TPSA) is 38.3 Å². The van der Waals surface area contributed by atoms with Gasteiger partial charge < -0.3 is 9.74 Å². The molecular formula is C16H27NO2Si. The highest BCUT2D eigenvalue weighted by atomic mass is 28.4. The Labute approximate surface area is 123 Å². The molecule has 0 aliphatic carbocycles. The lowest BCUT2D eigenvalue weighted by Crippen LogP contribution is -2.48. The number of hydrogen-bond acceptors (Lipinski definition) is 3. The average molecular weight is 293 g/mol. The van der Waals surface area contributed by atoms with Gasteiger partial charge in [0.05, 0.1) is 0 Å². The van der Waals surface area contributed by atoms with E-state index in [9.17, 15) is 4.79 Å². The van der Waals surface area contributed by atoms with Gasteiger partial charge in [-0.25, -0.2) is 0 Å². The first kappa shape index (κ1) is 16.9. The Morgan fingerprint density at radius 3 is 2.25 bits per heavy atom. The normalized spacial score (nSPS) is 13.9. The molecule has 0 radical (unpaired) electrons. The third-order valence-corrected chi connectivity index (χ3v) is 8.40. The fourth-order valence-corrected chi connectivity index (χ4v) is 2.58. The second-order valence-corrected chi connectivity index (χ2v) is 11.4. The molecule has 0 spiro atoms. The van der Waals surface area contributed by atoms with Gasteiger partial charge in [-0.15, -0.1) is 0 Å². The van der Waals surface area contributed by atoms with E-state index in [0.29, 0.717) is 6.42 Å². The van der Waals surface area contributed by atoms with Crippen molar-refractivity contribution >= 4 is 14.3 Å². The third-order valence-electron chi connectivity index (χ3n) is 4.08. The van der Waals surface area contributed by atoms with Gasteiger partial charge >= 0.3 is 5.97 Å². The molecule has 0 saturated heterocycles. The second-order valence-electron chi connectivity index (χ2n) is 6.71. The third kappa shape index (κ3) is 4.46. The van der Waals surface area contributed by atoms with Gasteiger partial charge in [-0.05, 0) is 37.2 Å². The summed E-state index contributed by atoms with van der Waals surface area (Å²) in [6, 6.07) is 9.73. The summed E-state index contributed by atoms with van der Waals surface area (Å²) in [6.45, 7) is 10.6. The fraction of sp³-hybridized carbons (Fsp3) is 0.562. The summed E-state index contributed by atoms with van der Waals surface area (Å²) in [7, 11) is -0.248. The summed E-state index contributed by atoms with van der Waals surface area (Å²) in [5.41, 5.74) is 1.14. The molecule has 0 bridgehead atoms. The Bertz CT molecular complexity index is 438. The van der Waals surface area contributed by atoms with Gasteiger partial charge in [-0.2, -0.15) is 0 Å². The number of carbonyl (C=O) groups is 1. The Morgan fingerprint density at radius 2 is 1.80 bits per heavy atom. The SMILES string of the molecule is CNC(Cc1ccccc1)C(=O)O[Si](C)(C)C(C)(C)C. The Morgan fingerprint density at radius 1 is 1.25 bits per heavy atom. The van der Waals surface area contributed by atoms with Crippen molar-refractivity contribution in [1.82, 2.24) is 5.32 Å². The van der Waals surface area contributed by atoms with Crippen molar-refractivity contribution in [3.8, 4) is 0 Å². The van der Waals surface area contributed by atoms with Crippen LogP contribution in [0.3, 0.4) is 0 Å². The van der Waals surface area contributed by atoms with Crippen LogP contribution < -0.4 is 5.32 Å². The van der Waals surface area contributed by atoms with Crippen LogP contribution in [0, 0.1) is 0 Å². The van der Waals surface area contributed by atoms with Crippen LogP contribution in [0.5, 0.6) is 0 Å². The monoisotopic (exact) mass is 293 g/mol. The van der Waals surface area contributed by atoms with E-state index < -0.39 is 8.32 Å². The summed E-state index contributed by atoms with van der Waals surface area (Å²) in [5, 5.41) is 3.11. The molecule has 112 valence electrons. The zero-order chi connectivity index (χ0) is 15.4. The van der Waals surface area contributed by atoms with Gasteiger partial charge in [0.25, 0.3) is 8.32 Å². The van der Waals surface area contributed by atoms with Gasteiger partial charge in [-0.3, -0.25) is 4.79 Å². The summed E-state index contributed by atoms with van der Waals surface area (Å²) < 4.78 is 5.86. The minimum absolute atomic E-state index is 0.0354. The average Bonchev–Trinajstić information content (AvgIpc) is 2.35. The van der Waals surface area contributed by atoms with Crippen LogP contribution in [-0.2, 0) is 15.6 Å². The number of benzene rings is 1. The molecule has 20 heavy (non-hydrogen) atoms. The van der Waals surface area contributed by atoms with Crippen molar-refractivity contribution in [2.75, 3.05) is 7.05 Å². The maximum absolute atomic E-state index is 12.4. The highest BCUT2D eigenvalue weighted by Gasteiger charge is 2.41. The lowest BCUT2D eigenvalue weighted by Gasteiger charge is -2.36. The molecule has 1 aromatic rings. The van der Waals surface area contributed by atoms with Crippen LogP contribution >= 0.6 is 0 Å². The van der Waals surface area contributed by atoms with Crippen molar-refractivity contribution in [1.29, 1.82) is 0 Å². The quantitative estimate of drug-likeness (QED) is 0.846. The summed E-state index contributed by atoms with van der Waals surface area (Å²) >= 11 is 0. The molecule has 1 aromatic carbocycles. The standard InChI is InChI=1S/C16H27NO2Si/c1-16(2,3)20(5,6)19-15(18)14(17-4)12-13-10-8-7-9-11-13/h7-11,14,17H,12H2,1-6H3. The first-order chi connectivity index (χ1) is 9.17. The van der Waals surface area contributed by atoms with Crippen LogP contribution in [-0.4, -0.2) is 27.4 Å². The summed E-state index contributed by atoms with van der Waals surface area (Å²) in [4.78, 5) is 12.4. The molecule has 0 aliphatic rings. The molecule has 4 heteroatoms. The highest BCUT2D eigenvalue weighted by molar-refractivity contribution is 6.75. The smallest absolute Gasteiger partial charge is 0.310 e. The highest BCUT2D eigenvalue weighted by Crippen LogP contribution is 2.36. The van der Waals surface area contributed by atoms with Gasteiger partial charge in [0.1, 0.15) is 6.04 Å². The van der Waals surface area contributed by atoms with Crippen molar-refractivity contribution < 1.29 is 9.22 Å². The molecule has 1 N–H and O–H groups in total. The lowest BCUT2D eigenvalue weighted by molar-refractivity contribution is -0.137. The Kier molecular flexibility index (Phi) is 5.54. The van der Waals surface area contributed by atoms with Gasteiger partial charge in [-0.1, -0.05) is 51.1 Å². The van der Waals surface area contributed by atoms with E-state index in [1.807, 2.05) is 30.3 Å². The minimum atomic E-state index is -2.05. The van der Waals surface area contributed by atoms with Gasteiger partial charge in [0.2, 0.25) is 0 Å². The first-order valence-electron chi connectivity index (χ1n) is 7.11. The van der Waals surface area contributed by atoms with E-state index in [-0.39, 0.29) is 17.0 Å². The predicted molar refractivity (Wildman–Crippen MR) is 86.3 cm³/mol. The molecule has 1 atom stereocenters. The van der Waals surface area contributed by atoms with E-state index in [4.69, 9.17) is 4.43 Å². The molecule has 3 nitrogen and oxygen atoms in total. The Balaban J connectivity index is 2.74. The summed E-state index contributed by atoms with van der Waals surface area (Å²) in [6.07, 6.45) is 0.658. The molecule has 0 amide bonds. The van der Waals surface area contributed by atoms with Gasteiger partial charge in [0, 0.05) is 0 Å². The van der Waals surface area contributed by atoms with Crippen LogP contribution in [0.4, 0.5) is 0 Å². The number of carbonyl (C=O) groups excluding carboxylic acids is 1. The molecule has 1 unspecified atom stereocenters. The first-order valence-corrected chi connectivity index (χ1v) is 10.0.